The molecule has 0 aromatic heterocycles. The number of fused-ring (bicyclic) bond motifs is 3. The molecule has 0 amide bonds. The molecule has 49 heavy (non-hydrogen) atoms. The minimum Gasteiger partial charge on any atom is -0.493 e. The van der Waals surface area contributed by atoms with Gasteiger partial charge in [-0.25, -0.2) is 9.59 Å². The van der Waals surface area contributed by atoms with Gasteiger partial charge in [0.1, 0.15) is 11.5 Å². The Morgan fingerprint density at radius 1 is 0.673 bits per heavy atom. The highest BCUT2D eigenvalue weighted by atomic mass is 16.7. The van der Waals surface area contributed by atoms with E-state index in [0.717, 1.165) is 60.3 Å². The minimum atomic E-state index is -0.665. The Morgan fingerprint density at radius 2 is 1.18 bits per heavy atom. The molecule has 4 aromatic rings. The average molecular weight is 659 g/mol. The smallest absolute Gasteiger partial charge is 0.333 e. The van der Waals surface area contributed by atoms with Crippen molar-refractivity contribution in [2.45, 2.75) is 71.0 Å². The van der Waals surface area contributed by atoms with E-state index in [4.69, 9.17) is 18.9 Å². The molecule has 6 nitrogen and oxygen atoms in total. The topological polar surface area (TPSA) is 71.1 Å². The highest BCUT2D eigenvalue weighted by molar-refractivity contribution is 5.86. The van der Waals surface area contributed by atoms with E-state index in [1.165, 1.54) is 27.8 Å². The summed E-state index contributed by atoms with van der Waals surface area (Å²) in [5.41, 5.74) is 9.93. The fourth-order valence-corrected chi connectivity index (χ4v) is 6.84. The van der Waals surface area contributed by atoms with E-state index >= 15 is 0 Å². The molecule has 0 fully saturated rings. The third-order valence-electron chi connectivity index (χ3n) is 9.07. The van der Waals surface area contributed by atoms with Gasteiger partial charge >= 0.3 is 11.9 Å². The maximum Gasteiger partial charge on any atom is 0.333 e. The Morgan fingerprint density at radius 3 is 1.67 bits per heavy atom. The molecule has 0 aliphatic heterocycles. The molecule has 0 bridgehead atoms. The van der Waals surface area contributed by atoms with Crippen molar-refractivity contribution in [3.8, 4) is 44.9 Å². The minimum absolute atomic E-state index is 0.0787. The lowest BCUT2D eigenvalue weighted by atomic mass is 9.71. The summed E-state index contributed by atoms with van der Waals surface area (Å²) in [4.78, 5) is 22.9. The number of esters is 2. The second-order valence-electron chi connectivity index (χ2n) is 12.3. The van der Waals surface area contributed by atoms with Gasteiger partial charge in [-0.3, -0.25) is 0 Å². The van der Waals surface area contributed by atoms with Crippen LogP contribution >= 0.6 is 0 Å². The van der Waals surface area contributed by atoms with Crippen molar-refractivity contribution in [3.63, 3.8) is 0 Å². The fourth-order valence-electron chi connectivity index (χ4n) is 6.84. The van der Waals surface area contributed by atoms with Crippen LogP contribution in [-0.2, 0) is 24.5 Å². The number of carbonyl (C=O) groups is 2. The van der Waals surface area contributed by atoms with E-state index in [2.05, 4.69) is 87.7 Å². The van der Waals surface area contributed by atoms with Crippen molar-refractivity contribution in [2.24, 2.45) is 0 Å². The van der Waals surface area contributed by atoms with Gasteiger partial charge in [0.05, 0.1) is 13.2 Å². The molecule has 6 heteroatoms. The third-order valence-corrected chi connectivity index (χ3v) is 9.07. The Kier molecular flexibility index (Phi) is 11.7. The molecular formula is C43H46O6. The van der Waals surface area contributed by atoms with E-state index in [9.17, 15) is 9.59 Å². The molecule has 1 atom stereocenters. The van der Waals surface area contributed by atoms with Crippen LogP contribution in [0, 0.1) is 0 Å². The van der Waals surface area contributed by atoms with Gasteiger partial charge in [-0.2, -0.15) is 0 Å². The van der Waals surface area contributed by atoms with E-state index in [1.54, 1.807) is 0 Å². The van der Waals surface area contributed by atoms with Gasteiger partial charge in [0.15, 0.2) is 0 Å². The molecule has 0 radical (unpaired) electrons. The molecule has 254 valence electrons. The van der Waals surface area contributed by atoms with Crippen LogP contribution in [0.15, 0.2) is 110 Å². The molecule has 0 N–H and O–H groups in total. The zero-order chi connectivity index (χ0) is 34.8. The average Bonchev–Trinajstić information content (AvgIpc) is 3.39. The summed E-state index contributed by atoms with van der Waals surface area (Å²) in [7, 11) is 0. The first-order chi connectivity index (χ1) is 23.8. The van der Waals surface area contributed by atoms with Crippen molar-refractivity contribution in [1.29, 1.82) is 0 Å². The predicted molar refractivity (Wildman–Crippen MR) is 196 cm³/mol. The normalized spacial score (nSPS) is 13.0. The SMILES string of the molecule is C=CC(=O)OCCCOc1ccc(-c2ccc3c(c2)C(CCC)(CCC)c2cc(-c4ccc(OC(CC)OC(=O)C=C)cc4)ccc2-3)cc1. The first-order valence-electron chi connectivity index (χ1n) is 17.3. The molecule has 0 heterocycles. The Balaban J connectivity index is 1.38. The van der Waals surface area contributed by atoms with Crippen LogP contribution in [0.25, 0.3) is 33.4 Å². The summed E-state index contributed by atoms with van der Waals surface area (Å²) in [6.07, 6.45) is 7.07. The van der Waals surface area contributed by atoms with Crippen molar-refractivity contribution in [3.05, 3.63) is 121 Å². The van der Waals surface area contributed by atoms with Crippen LogP contribution in [0.1, 0.15) is 70.4 Å². The van der Waals surface area contributed by atoms with Crippen LogP contribution < -0.4 is 9.47 Å². The first kappa shape index (κ1) is 35.2. The summed E-state index contributed by atoms with van der Waals surface area (Å²) in [5.74, 6) is 0.509. The number of rotatable bonds is 17. The van der Waals surface area contributed by atoms with Gasteiger partial charge in [0.2, 0.25) is 6.29 Å². The molecular weight excluding hydrogens is 612 g/mol. The molecule has 0 spiro atoms. The van der Waals surface area contributed by atoms with E-state index in [1.807, 2.05) is 31.2 Å². The van der Waals surface area contributed by atoms with E-state index in [-0.39, 0.29) is 5.41 Å². The van der Waals surface area contributed by atoms with Crippen LogP contribution in [0.4, 0.5) is 0 Å². The van der Waals surface area contributed by atoms with Gasteiger partial charge < -0.3 is 18.9 Å². The summed E-state index contributed by atoms with van der Waals surface area (Å²) in [5, 5.41) is 0. The highest BCUT2D eigenvalue weighted by Crippen LogP contribution is 2.55. The lowest BCUT2D eigenvalue weighted by molar-refractivity contribution is -0.157. The van der Waals surface area contributed by atoms with Gasteiger partial charge in [-0.1, -0.05) is 95.3 Å². The van der Waals surface area contributed by atoms with Crippen molar-refractivity contribution in [1.82, 2.24) is 0 Å². The summed E-state index contributed by atoms with van der Waals surface area (Å²) in [6.45, 7) is 14.1. The third kappa shape index (κ3) is 7.97. The maximum atomic E-state index is 11.7. The Hall–Kier alpha value is -5.10. The fraction of sp³-hybridized carbons (Fsp3) is 0.302. The predicted octanol–water partition coefficient (Wildman–Crippen LogP) is 10.2. The zero-order valence-electron chi connectivity index (χ0n) is 28.8. The number of hydrogen-bond acceptors (Lipinski definition) is 6. The highest BCUT2D eigenvalue weighted by Gasteiger charge is 2.42. The molecule has 0 saturated heterocycles. The molecule has 1 aliphatic carbocycles. The van der Waals surface area contributed by atoms with Crippen molar-refractivity contribution >= 4 is 11.9 Å². The second-order valence-corrected chi connectivity index (χ2v) is 12.3. The summed E-state index contributed by atoms with van der Waals surface area (Å²) in [6, 6.07) is 30.0. The first-order valence-corrected chi connectivity index (χ1v) is 17.3. The van der Waals surface area contributed by atoms with Gasteiger partial charge in [-0.15, -0.1) is 0 Å². The quantitative estimate of drug-likeness (QED) is 0.0487. The van der Waals surface area contributed by atoms with Crippen LogP contribution in [0.3, 0.4) is 0 Å². The van der Waals surface area contributed by atoms with Crippen LogP contribution in [0.5, 0.6) is 11.5 Å². The standard InChI is InChI=1S/C43H46O6/c1-6-24-43(25-7-2)38-28-32(30-12-18-34(19-13-30)46-26-11-27-47-40(44)8-3)16-22-36(38)37-23-17-33(29-39(37)43)31-14-20-35(21-15-31)48-42(10-5)49-41(45)9-4/h8-9,12-23,28-29,42H,3-4,6-7,10-11,24-27H2,1-2,5H3. The zero-order valence-corrected chi connectivity index (χ0v) is 28.8. The number of benzene rings is 4. The monoisotopic (exact) mass is 658 g/mol. The molecule has 0 saturated carbocycles. The second kappa shape index (κ2) is 16.3. The number of ether oxygens (including phenoxy) is 4. The maximum absolute atomic E-state index is 11.7. The lowest BCUT2D eigenvalue weighted by Crippen LogP contribution is -2.25. The largest absolute Gasteiger partial charge is 0.493 e. The number of hydrogen-bond donors (Lipinski definition) is 0. The Bertz CT molecular complexity index is 1760. The van der Waals surface area contributed by atoms with Crippen molar-refractivity contribution < 1.29 is 28.5 Å². The van der Waals surface area contributed by atoms with Gasteiger partial charge in [0.25, 0.3) is 0 Å². The van der Waals surface area contributed by atoms with Crippen molar-refractivity contribution in [2.75, 3.05) is 13.2 Å². The molecule has 1 unspecified atom stereocenters. The van der Waals surface area contributed by atoms with E-state index in [0.29, 0.717) is 31.8 Å². The molecule has 5 rings (SSSR count). The van der Waals surface area contributed by atoms with Gasteiger partial charge in [-0.05, 0) is 93.7 Å². The lowest BCUT2D eigenvalue weighted by Gasteiger charge is -2.32. The Labute approximate surface area is 290 Å². The van der Waals surface area contributed by atoms with Crippen LogP contribution in [-0.4, -0.2) is 31.4 Å². The molecule has 4 aromatic carbocycles. The summed E-state index contributed by atoms with van der Waals surface area (Å²) >= 11 is 0. The van der Waals surface area contributed by atoms with E-state index < -0.39 is 18.2 Å². The van der Waals surface area contributed by atoms with Crippen LogP contribution in [0.2, 0.25) is 0 Å². The number of carbonyl (C=O) groups excluding carboxylic acids is 2. The summed E-state index contributed by atoms with van der Waals surface area (Å²) < 4.78 is 22.1. The molecule has 1 aliphatic rings. The van der Waals surface area contributed by atoms with Gasteiger partial charge in [0, 0.05) is 30.4 Å².